The fraction of sp³-hybridized carbons (Fsp3) is 0.476. The molecule has 2 atom stereocenters. The second-order valence-corrected chi connectivity index (χ2v) is 8.62. The van der Waals surface area contributed by atoms with Gasteiger partial charge in [-0.1, -0.05) is 12.8 Å². The molecule has 10 nitrogen and oxygen atoms in total. The molecule has 0 bridgehead atoms. The fourth-order valence-electron chi connectivity index (χ4n) is 4.18. The van der Waals surface area contributed by atoms with Crippen LogP contribution in [0.3, 0.4) is 0 Å². The lowest BCUT2D eigenvalue weighted by atomic mass is 9.91. The number of rotatable bonds is 7. The van der Waals surface area contributed by atoms with Gasteiger partial charge in [0.05, 0.1) is 11.7 Å². The van der Waals surface area contributed by atoms with Gasteiger partial charge in [0.15, 0.2) is 11.5 Å². The van der Waals surface area contributed by atoms with Gasteiger partial charge >= 0.3 is 0 Å². The molecule has 0 radical (unpaired) electrons. The number of nitrogens with zero attached hydrogens (tertiary/aromatic N) is 5. The van der Waals surface area contributed by atoms with Crippen molar-refractivity contribution in [2.45, 2.75) is 64.1 Å². The number of carbonyl (C=O) groups excluding carboxylic acids is 1. The average Bonchev–Trinajstić information content (AvgIpc) is 3.11. The molecule has 2 heterocycles. The van der Waals surface area contributed by atoms with Crippen LogP contribution in [0.1, 0.15) is 48.7 Å². The number of carbonyl (C=O) groups is 1. The van der Waals surface area contributed by atoms with E-state index in [2.05, 4.69) is 30.9 Å². The fourth-order valence-corrected chi connectivity index (χ4v) is 4.18. The third-order valence-electron chi connectivity index (χ3n) is 5.67. The predicted octanol–water partition coefficient (Wildman–Crippen LogP) is 2.71. The largest absolute Gasteiger partial charge is 0.364 e. The van der Waals surface area contributed by atoms with Crippen molar-refractivity contribution >= 4 is 34.3 Å². The predicted molar refractivity (Wildman–Crippen MR) is 121 cm³/mol. The first-order valence-electron chi connectivity index (χ1n) is 10.8. The van der Waals surface area contributed by atoms with Crippen molar-refractivity contribution in [1.82, 2.24) is 25.0 Å². The summed E-state index contributed by atoms with van der Waals surface area (Å²) in [4.78, 5) is 16.3. The number of hydrogen-bond acceptors (Lipinski definition) is 8. The molecule has 33 heavy (non-hydrogen) atoms. The van der Waals surface area contributed by atoms with Crippen LogP contribution in [0, 0.1) is 6.92 Å². The summed E-state index contributed by atoms with van der Waals surface area (Å²) in [5, 5.41) is 18.9. The quantitative estimate of drug-likeness (QED) is 0.421. The Morgan fingerprint density at radius 2 is 2.03 bits per heavy atom. The van der Waals surface area contributed by atoms with Gasteiger partial charge in [-0.05, 0) is 37.5 Å². The van der Waals surface area contributed by atoms with Crippen LogP contribution in [-0.2, 0) is 6.54 Å². The van der Waals surface area contributed by atoms with Gasteiger partial charge in [0.25, 0.3) is 11.8 Å². The minimum absolute atomic E-state index is 0.00829. The highest BCUT2D eigenvalue weighted by Gasteiger charge is 2.25. The number of fused-ring (bicyclic) bond motifs is 1. The van der Waals surface area contributed by atoms with E-state index < -0.39 is 18.4 Å². The molecule has 1 saturated carbocycles. The number of nitrogens with two attached hydrogens (primary N) is 2. The van der Waals surface area contributed by atoms with Gasteiger partial charge in [-0.25, -0.2) is 8.78 Å². The van der Waals surface area contributed by atoms with Crippen LogP contribution in [0.15, 0.2) is 18.3 Å². The molecular formula is C21H27F2N9O. The maximum Gasteiger partial charge on any atom is 0.273 e. The van der Waals surface area contributed by atoms with Crippen molar-refractivity contribution in [3.05, 3.63) is 29.6 Å². The highest BCUT2D eigenvalue weighted by atomic mass is 19.3. The topological polar surface area (TPSA) is 150 Å². The molecule has 1 amide bonds. The molecule has 2 aromatic heterocycles. The molecule has 1 aromatic carbocycles. The molecule has 0 spiro atoms. The van der Waals surface area contributed by atoms with Crippen LogP contribution in [0.2, 0.25) is 0 Å². The number of benzene rings is 1. The van der Waals surface area contributed by atoms with E-state index in [0.29, 0.717) is 16.6 Å². The zero-order valence-corrected chi connectivity index (χ0v) is 18.5. The molecule has 0 saturated heterocycles. The van der Waals surface area contributed by atoms with Crippen LogP contribution in [-0.4, -0.2) is 48.9 Å². The maximum atomic E-state index is 13.5. The molecule has 12 heteroatoms. The minimum Gasteiger partial charge on any atom is -0.364 e. The Morgan fingerprint density at radius 1 is 1.27 bits per heavy atom. The zero-order valence-electron chi connectivity index (χ0n) is 18.5. The molecule has 1 aliphatic carbocycles. The number of anilines is 3. The van der Waals surface area contributed by atoms with Crippen molar-refractivity contribution in [3.8, 4) is 0 Å². The number of amides is 1. The van der Waals surface area contributed by atoms with Gasteiger partial charge in [0.2, 0.25) is 5.95 Å². The Kier molecular flexibility index (Phi) is 6.11. The number of halogens is 2. The Bertz CT molecular complexity index is 1170. The van der Waals surface area contributed by atoms with Crippen LogP contribution < -0.4 is 22.1 Å². The van der Waals surface area contributed by atoms with Gasteiger partial charge in [-0.2, -0.15) is 10.1 Å². The van der Waals surface area contributed by atoms with Gasteiger partial charge < -0.3 is 22.1 Å². The van der Waals surface area contributed by atoms with Crippen LogP contribution in [0.5, 0.6) is 0 Å². The van der Waals surface area contributed by atoms with Crippen molar-refractivity contribution < 1.29 is 13.6 Å². The van der Waals surface area contributed by atoms with Crippen molar-refractivity contribution in [2.24, 2.45) is 11.5 Å². The first kappa shape index (κ1) is 22.8. The first-order chi connectivity index (χ1) is 15.6. The van der Waals surface area contributed by atoms with E-state index >= 15 is 0 Å². The summed E-state index contributed by atoms with van der Waals surface area (Å²) >= 11 is 0. The minimum atomic E-state index is -2.89. The summed E-state index contributed by atoms with van der Waals surface area (Å²) in [6, 6.07) is 3.47. The zero-order chi connectivity index (χ0) is 23.8. The van der Waals surface area contributed by atoms with E-state index in [1.807, 2.05) is 0 Å². The summed E-state index contributed by atoms with van der Waals surface area (Å²) in [5.74, 6) is -3.30. The Labute approximate surface area is 189 Å². The first-order valence-corrected chi connectivity index (χ1v) is 10.8. The van der Waals surface area contributed by atoms with Gasteiger partial charge in [0, 0.05) is 30.1 Å². The molecule has 0 aliphatic heterocycles. The molecule has 0 unspecified atom stereocenters. The second-order valence-electron chi connectivity index (χ2n) is 8.62. The third-order valence-corrected chi connectivity index (χ3v) is 5.67. The second kappa shape index (κ2) is 8.85. The van der Waals surface area contributed by atoms with E-state index in [4.69, 9.17) is 11.5 Å². The summed E-state index contributed by atoms with van der Waals surface area (Å²) in [7, 11) is 0. The van der Waals surface area contributed by atoms with Crippen molar-refractivity contribution in [2.75, 3.05) is 10.6 Å². The molecule has 6 N–H and O–H groups in total. The number of nitrogens with one attached hydrogen (secondary N) is 2. The average molecular weight is 460 g/mol. The van der Waals surface area contributed by atoms with Crippen LogP contribution in [0.4, 0.5) is 26.2 Å². The Morgan fingerprint density at radius 3 is 2.73 bits per heavy atom. The summed E-state index contributed by atoms with van der Waals surface area (Å²) in [5.41, 5.74) is 13.4. The summed E-state index contributed by atoms with van der Waals surface area (Å²) < 4.78 is 28.3. The molecule has 1 aliphatic rings. The maximum absolute atomic E-state index is 13.5. The third kappa shape index (κ3) is 5.16. The lowest BCUT2D eigenvalue weighted by molar-refractivity contribution is 0.00180. The highest BCUT2D eigenvalue weighted by Crippen LogP contribution is 2.28. The van der Waals surface area contributed by atoms with Crippen molar-refractivity contribution in [1.29, 1.82) is 0 Å². The molecular weight excluding hydrogens is 432 g/mol. The van der Waals surface area contributed by atoms with E-state index in [1.165, 1.54) is 10.9 Å². The molecule has 176 valence electrons. The highest BCUT2D eigenvalue weighted by molar-refractivity contribution is 5.96. The SMILES string of the molecule is Cc1cc(Nc2nc(N[C@@H]3CCCC[C@@H]3N)nnc2C(N)=O)cc2cnn(CC(C)(F)F)c12. The smallest absolute Gasteiger partial charge is 0.273 e. The van der Waals surface area contributed by atoms with E-state index in [9.17, 15) is 13.6 Å². The van der Waals surface area contributed by atoms with Gasteiger partial charge in [-0.15, -0.1) is 10.2 Å². The van der Waals surface area contributed by atoms with Crippen LogP contribution >= 0.6 is 0 Å². The van der Waals surface area contributed by atoms with E-state index in [1.54, 1.807) is 19.1 Å². The van der Waals surface area contributed by atoms with Gasteiger partial charge in [0.1, 0.15) is 6.54 Å². The van der Waals surface area contributed by atoms with Crippen molar-refractivity contribution in [3.63, 3.8) is 0 Å². The lowest BCUT2D eigenvalue weighted by Crippen LogP contribution is -2.43. The Hall–Kier alpha value is -3.41. The lowest BCUT2D eigenvalue weighted by Gasteiger charge is -2.29. The number of hydrogen-bond donors (Lipinski definition) is 4. The number of aryl methyl sites for hydroxylation is 1. The molecule has 4 rings (SSSR count). The monoisotopic (exact) mass is 459 g/mol. The number of alkyl halides is 2. The van der Waals surface area contributed by atoms with Gasteiger partial charge in [-0.3, -0.25) is 9.48 Å². The number of aromatic nitrogens is 5. The van der Waals surface area contributed by atoms with E-state index in [-0.39, 0.29) is 29.5 Å². The van der Waals surface area contributed by atoms with Crippen LogP contribution in [0.25, 0.3) is 10.9 Å². The summed E-state index contributed by atoms with van der Waals surface area (Å²) in [6.45, 7) is 2.12. The molecule has 3 aromatic rings. The van der Waals surface area contributed by atoms with E-state index in [0.717, 1.165) is 38.2 Å². The number of primary amides is 1. The molecule has 1 fully saturated rings. The normalized spacial score (nSPS) is 18.9. The Balaban J connectivity index is 1.63. The summed E-state index contributed by atoms with van der Waals surface area (Å²) in [6.07, 6.45) is 5.46. The standard InChI is InChI=1S/C21H27F2N9O/c1-11-7-13(8-12-9-26-32(17(11)12)10-21(2,22)23)27-19-16(18(25)33)30-31-20(29-19)28-15-6-4-3-5-14(15)24/h7-9,14-15H,3-6,10,24H2,1-2H3,(H2,25,33)(H2,27,28,29,31)/t14-,15+/m0/s1.